The third-order valence-corrected chi connectivity index (χ3v) is 7.73. The van der Waals surface area contributed by atoms with E-state index in [-0.39, 0.29) is 11.9 Å². The first kappa shape index (κ1) is 41.8. The van der Waals surface area contributed by atoms with Crippen LogP contribution < -0.4 is 18.9 Å². The molecule has 0 heterocycles. The number of esters is 4. The summed E-state index contributed by atoms with van der Waals surface area (Å²) in [7, 11) is 0. The Morgan fingerprint density at radius 2 is 1.06 bits per heavy atom. The zero-order chi connectivity index (χ0) is 38.4. The maximum Gasteiger partial charge on any atom is 0.343 e. The molecule has 10 heteroatoms. The first-order chi connectivity index (χ1) is 25.5. The number of benzene rings is 3. The summed E-state index contributed by atoms with van der Waals surface area (Å²) in [5.74, 6) is 0.275. The fourth-order valence-corrected chi connectivity index (χ4v) is 4.71. The molecule has 0 fully saturated rings. The predicted octanol–water partition coefficient (Wildman–Crippen LogP) is 8.95. The van der Waals surface area contributed by atoms with Crippen molar-refractivity contribution in [2.75, 3.05) is 26.4 Å². The van der Waals surface area contributed by atoms with Crippen LogP contribution in [0.2, 0.25) is 0 Å². The van der Waals surface area contributed by atoms with Gasteiger partial charge in [0.1, 0.15) is 23.0 Å². The summed E-state index contributed by atoms with van der Waals surface area (Å²) >= 11 is 0. The molecule has 0 aliphatic rings. The van der Waals surface area contributed by atoms with Crippen LogP contribution in [0.4, 0.5) is 0 Å². The van der Waals surface area contributed by atoms with Crippen LogP contribution >= 0.6 is 0 Å². The summed E-state index contributed by atoms with van der Waals surface area (Å²) in [6, 6.07) is 18.9. The van der Waals surface area contributed by atoms with Gasteiger partial charge < -0.3 is 28.4 Å². The minimum atomic E-state index is -0.545. The second-order valence-corrected chi connectivity index (χ2v) is 12.5. The van der Waals surface area contributed by atoms with Gasteiger partial charge in [-0.15, -0.1) is 0 Å². The monoisotopic (exact) mass is 726 g/mol. The molecule has 3 rings (SSSR count). The molecular weight excluding hydrogens is 676 g/mol. The quantitative estimate of drug-likeness (QED) is 0.0405. The van der Waals surface area contributed by atoms with Crippen molar-refractivity contribution in [3.63, 3.8) is 0 Å². The van der Waals surface area contributed by atoms with Gasteiger partial charge in [0.25, 0.3) is 0 Å². The second kappa shape index (κ2) is 23.0. The van der Waals surface area contributed by atoms with Gasteiger partial charge in [0.2, 0.25) is 0 Å². The van der Waals surface area contributed by atoms with Gasteiger partial charge in [-0.3, -0.25) is 0 Å². The van der Waals surface area contributed by atoms with Crippen LogP contribution in [0.1, 0.15) is 86.7 Å². The smallest absolute Gasteiger partial charge is 0.343 e. The Bertz CT molecular complexity index is 1700. The van der Waals surface area contributed by atoms with Crippen LogP contribution in [0.3, 0.4) is 0 Å². The van der Waals surface area contributed by atoms with Crippen LogP contribution in [0.25, 0.3) is 6.08 Å². The van der Waals surface area contributed by atoms with Gasteiger partial charge in [-0.2, -0.15) is 0 Å². The molecule has 0 spiro atoms. The summed E-state index contributed by atoms with van der Waals surface area (Å²) in [5, 5.41) is 0. The minimum Gasteiger partial charge on any atom is -0.494 e. The topological polar surface area (TPSA) is 124 Å². The Balaban J connectivity index is 1.33. The highest BCUT2D eigenvalue weighted by Crippen LogP contribution is 2.25. The van der Waals surface area contributed by atoms with E-state index >= 15 is 0 Å². The number of rotatable bonds is 23. The average Bonchev–Trinajstić information content (AvgIpc) is 3.14. The van der Waals surface area contributed by atoms with Crippen LogP contribution in [-0.4, -0.2) is 50.3 Å². The first-order valence-corrected chi connectivity index (χ1v) is 17.9. The summed E-state index contributed by atoms with van der Waals surface area (Å²) in [4.78, 5) is 48.0. The van der Waals surface area contributed by atoms with Gasteiger partial charge >= 0.3 is 23.9 Å². The summed E-state index contributed by atoms with van der Waals surface area (Å²) in [6.45, 7) is 14.0. The van der Waals surface area contributed by atoms with Gasteiger partial charge in [-0.1, -0.05) is 25.3 Å². The van der Waals surface area contributed by atoms with E-state index in [9.17, 15) is 19.2 Å². The third kappa shape index (κ3) is 16.5. The van der Waals surface area contributed by atoms with Crippen LogP contribution in [0.5, 0.6) is 23.0 Å². The van der Waals surface area contributed by atoms with E-state index in [2.05, 4.69) is 13.2 Å². The molecule has 282 valence electrons. The van der Waals surface area contributed by atoms with Crippen molar-refractivity contribution in [3.8, 4) is 23.0 Å². The van der Waals surface area contributed by atoms with Crippen LogP contribution in [0, 0.1) is 6.92 Å². The molecule has 0 radical (unpaired) electrons. The second-order valence-electron chi connectivity index (χ2n) is 12.5. The number of carbonyl (C=O) groups is 4. The minimum absolute atomic E-state index is 0.321. The van der Waals surface area contributed by atoms with Crippen molar-refractivity contribution < 1.29 is 47.6 Å². The van der Waals surface area contributed by atoms with Crippen LogP contribution in [0.15, 0.2) is 97.1 Å². The van der Waals surface area contributed by atoms with Crippen molar-refractivity contribution in [3.05, 3.63) is 114 Å². The fourth-order valence-electron chi connectivity index (χ4n) is 4.71. The Morgan fingerprint density at radius 1 is 0.585 bits per heavy atom. The zero-order valence-corrected chi connectivity index (χ0v) is 31.0. The zero-order valence-electron chi connectivity index (χ0n) is 31.0. The molecule has 0 unspecified atom stereocenters. The molecule has 3 aromatic rings. The van der Waals surface area contributed by atoms with Gasteiger partial charge in [0.15, 0.2) is 0 Å². The largest absolute Gasteiger partial charge is 0.494 e. The highest BCUT2D eigenvalue weighted by atomic mass is 16.5. The van der Waals surface area contributed by atoms with Crippen LogP contribution in [-0.2, 0) is 23.9 Å². The Hall–Kier alpha value is -5.64. The molecule has 0 amide bonds. The molecule has 0 bridgehead atoms. The van der Waals surface area contributed by atoms with Crippen molar-refractivity contribution in [2.45, 2.75) is 72.1 Å². The predicted molar refractivity (Wildman–Crippen MR) is 203 cm³/mol. The van der Waals surface area contributed by atoms with Gasteiger partial charge in [0.05, 0.1) is 32.0 Å². The van der Waals surface area contributed by atoms with E-state index in [0.717, 1.165) is 62.7 Å². The van der Waals surface area contributed by atoms with Gasteiger partial charge in [0, 0.05) is 17.2 Å². The third-order valence-electron chi connectivity index (χ3n) is 7.73. The van der Waals surface area contributed by atoms with Crippen molar-refractivity contribution in [1.82, 2.24) is 0 Å². The summed E-state index contributed by atoms with van der Waals surface area (Å²) < 4.78 is 32.8. The number of hydrogen-bond donors (Lipinski definition) is 0. The maximum absolute atomic E-state index is 12.7. The lowest BCUT2D eigenvalue weighted by Crippen LogP contribution is -2.09. The standard InChI is InChI=1S/C43H50O10/c1-31(2)41(45)50-28-12-8-6-10-26-48-36-19-14-34(15-20-36)16-25-40(44)53-39-24-23-38(30-33(39)5)52-43(47)35-17-21-37(22-18-35)49-27-11-7-9-13-29-51-42(46)32(3)4/h14-25,30H,1,3,6-13,26-29H2,2,4-5H3/b25-16+. The molecule has 0 aliphatic heterocycles. The number of hydrogen-bond acceptors (Lipinski definition) is 10. The van der Waals surface area contributed by atoms with Gasteiger partial charge in [-0.05, 0) is 144 Å². The molecule has 0 N–H and O–H groups in total. The van der Waals surface area contributed by atoms with E-state index in [4.69, 9.17) is 28.4 Å². The lowest BCUT2D eigenvalue weighted by molar-refractivity contribution is -0.139. The summed E-state index contributed by atoms with van der Waals surface area (Å²) in [5.41, 5.74) is 2.61. The highest BCUT2D eigenvalue weighted by molar-refractivity contribution is 5.91. The molecule has 10 nitrogen and oxygen atoms in total. The van der Waals surface area contributed by atoms with Crippen molar-refractivity contribution in [1.29, 1.82) is 0 Å². The molecule has 53 heavy (non-hydrogen) atoms. The van der Waals surface area contributed by atoms with Crippen molar-refractivity contribution >= 4 is 30.0 Å². The molecule has 3 aromatic carbocycles. The molecule has 0 atom stereocenters. The van der Waals surface area contributed by atoms with Crippen molar-refractivity contribution in [2.24, 2.45) is 0 Å². The highest BCUT2D eigenvalue weighted by Gasteiger charge is 2.12. The Labute approximate surface area is 312 Å². The fraction of sp³-hybridized carbons (Fsp3) is 0.349. The van der Waals surface area contributed by atoms with E-state index < -0.39 is 11.9 Å². The number of unbranched alkanes of at least 4 members (excludes halogenated alkanes) is 6. The average molecular weight is 727 g/mol. The Morgan fingerprint density at radius 3 is 1.55 bits per heavy atom. The number of ether oxygens (including phenoxy) is 6. The number of aryl methyl sites for hydroxylation is 1. The van der Waals surface area contributed by atoms with E-state index in [1.807, 2.05) is 24.3 Å². The van der Waals surface area contributed by atoms with Gasteiger partial charge in [-0.25, -0.2) is 19.2 Å². The molecule has 0 aliphatic carbocycles. The maximum atomic E-state index is 12.7. The lowest BCUT2D eigenvalue weighted by atomic mass is 10.2. The molecule has 0 saturated heterocycles. The number of carbonyl (C=O) groups excluding carboxylic acids is 4. The van der Waals surface area contributed by atoms with E-state index in [0.29, 0.717) is 65.9 Å². The molecule has 0 aromatic heterocycles. The molecule has 0 saturated carbocycles. The first-order valence-electron chi connectivity index (χ1n) is 17.9. The van der Waals surface area contributed by atoms with E-state index in [1.165, 1.54) is 6.08 Å². The lowest BCUT2D eigenvalue weighted by Gasteiger charge is -2.10. The SMILES string of the molecule is C=C(C)C(=O)OCCCCCCOc1ccc(/C=C/C(=O)Oc2ccc(OC(=O)c3ccc(OCCCCCCOC(=O)C(=C)C)cc3)cc2C)cc1. The summed E-state index contributed by atoms with van der Waals surface area (Å²) in [6.07, 6.45) is 10.1. The molecular formula is C43H50O10. The normalized spacial score (nSPS) is 10.7. The van der Waals surface area contributed by atoms with E-state index in [1.54, 1.807) is 69.3 Å². The Kier molecular flexibility index (Phi) is 18.2.